The predicted molar refractivity (Wildman–Crippen MR) is 94.3 cm³/mol. The Morgan fingerprint density at radius 3 is 1.64 bits per heavy atom. The van der Waals surface area contributed by atoms with Crippen LogP contribution in [0.5, 0.6) is 0 Å². The quantitative estimate of drug-likeness (QED) is 0.319. The highest BCUT2D eigenvalue weighted by Crippen LogP contribution is 2.35. The van der Waals surface area contributed by atoms with E-state index < -0.39 is 7.60 Å². The molecule has 0 saturated heterocycles. The Labute approximate surface area is 137 Å². The van der Waals surface area contributed by atoms with Gasteiger partial charge in [0.2, 0.25) is 0 Å². The minimum atomic E-state index is -3.75. The summed E-state index contributed by atoms with van der Waals surface area (Å²) in [5.74, 6) is 1.04. The molecule has 0 aliphatic heterocycles. The summed E-state index contributed by atoms with van der Waals surface area (Å²) in [6, 6.07) is 0. The highest BCUT2D eigenvalue weighted by atomic mass is 31.2. The number of hydrogen-bond acceptors (Lipinski definition) is 1. The lowest BCUT2D eigenvalue weighted by molar-refractivity contribution is 0.328. The van der Waals surface area contributed by atoms with Crippen LogP contribution in [0.1, 0.15) is 103 Å². The van der Waals surface area contributed by atoms with Crippen molar-refractivity contribution >= 4 is 7.60 Å². The van der Waals surface area contributed by atoms with Gasteiger partial charge in [0.15, 0.2) is 0 Å². The molecule has 0 bridgehead atoms. The van der Waals surface area contributed by atoms with Crippen molar-refractivity contribution in [2.75, 3.05) is 6.16 Å². The Bertz CT molecular complexity index is 295. The Morgan fingerprint density at radius 2 is 1.14 bits per heavy atom. The fraction of sp³-hybridized carbons (Fsp3) is 1.00. The molecule has 0 radical (unpaired) electrons. The molecule has 132 valence electrons. The molecule has 2 N–H and O–H groups in total. The van der Waals surface area contributed by atoms with Gasteiger partial charge in [0.05, 0.1) is 0 Å². The summed E-state index contributed by atoms with van der Waals surface area (Å²) in [5.41, 5.74) is 0. The molecule has 1 saturated carbocycles. The second kappa shape index (κ2) is 12.6. The van der Waals surface area contributed by atoms with Crippen LogP contribution in [0.15, 0.2) is 0 Å². The van der Waals surface area contributed by atoms with Gasteiger partial charge in [0, 0.05) is 6.16 Å². The van der Waals surface area contributed by atoms with Gasteiger partial charge in [-0.25, -0.2) is 0 Å². The van der Waals surface area contributed by atoms with Gasteiger partial charge in [-0.15, -0.1) is 0 Å². The van der Waals surface area contributed by atoms with Crippen LogP contribution in [-0.4, -0.2) is 15.9 Å². The second-order valence-electron chi connectivity index (χ2n) is 7.22. The van der Waals surface area contributed by atoms with Crippen LogP contribution in [0.3, 0.4) is 0 Å². The van der Waals surface area contributed by atoms with Crippen molar-refractivity contribution in [1.29, 1.82) is 0 Å². The molecule has 0 aromatic rings. The fourth-order valence-corrected chi connectivity index (χ4v) is 4.28. The van der Waals surface area contributed by atoms with E-state index in [0.717, 1.165) is 18.8 Å². The molecular formula is C18H37O3P. The third-order valence-electron chi connectivity index (χ3n) is 5.04. The van der Waals surface area contributed by atoms with Crippen molar-refractivity contribution in [2.24, 2.45) is 5.92 Å². The molecule has 22 heavy (non-hydrogen) atoms. The molecule has 0 amide bonds. The summed E-state index contributed by atoms with van der Waals surface area (Å²) in [5, 5.41) is 0. The average Bonchev–Trinajstić information content (AvgIpc) is 2.48. The summed E-state index contributed by atoms with van der Waals surface area (Å²) < 4.78 is 10.7. The third kappa shape index (κ3) is 12.7. The monoisotopic (exact) mass is 332 g/mol. The molecule has 0 aromatic heterocycles. The predicted octanol–water partition coefficient (Wildman–Crippen LogP) is 6.04. The molecule has 0 atom stereocenters. The van der Waals surface area contributed by atoms with Crippen molar-refractivity contribution in [3.63, 3.8) is 0 Å². The van der Waals surface area contributed by atoms with Crippen LogP contribution in [0.4, 0.5) is 0 Å². The van der Waals surface area contributed by atoms with Gasteiger partial charge in [-0.3, -0.25) is 4.57 Å². The fourth-order valence-electron chi connectivity index (χ4n) is 3.64. The maximum Gasteiger partial charge on any atom is 0.325 e. The largest absolute Gasteiger partial charge is 0.325 e. The van der Waals surface area contributed by atoms with E-state index in [1.165, 1.54) is 83.5 Å². The summed E-state index contributed by atoms with van der Waals surface area (Å²) >= 11 is 0. The summed E-state index contributed by atoms with van der Waals surface area (Å²) in [6.45, 7) is 0. The van der Waals surface area contributed by atoms with Gasteiger partial charge < -0.3 is 9.79 Å². The van der Waals surface area contributed by atoms with Crippen molar-refractivity contribution in [1.82, 2.24) is 0 Å². The summed E-state index contributed by atoms with van der Waals surface area (Å²) in [6.07, 6.45) is 21.2. The van der Waals surface area contributed by atoms with Crippen LogP contribution >= 0.6 is 7.60 Å². The van der Waals surface area contributed by atoms with E-state index in [1.807, 2.05) is 0 Å². The van der Waals surface area contributed by atoms with Gasteiger partial charge in [-0.05, 0) is 12.3 Å². The maximum absolute atomic E-state index is 10.7. The average molecular weight is 332 g/mol. The lowest BCUT2D eigenvalue weighted by Gasteiger charge is -2.21. The standard InChI is InChI=1S/C18H37O3P/c19-22(20,21)17-13-8-6-4-2-1-3-5-7-10-14-18-15-11-9-12-16-18/h18H,1-17H2,(H2,19,20,21). The van der Waals surface area contributed by atoms with Crippen LogP contribution in [0.25, 0.3) is 0 Å². The van der Waals surface area contributed by atoms with Crippen molar-refractivity contribution in [3.8, 4) is 0 Å². The van der Waals surface area contributed by atoms with Gasteiger partial charge in [0.25, 0.3) is 0 Å². The molecule has 1 aliphatic carbocycles. The molecule has 0 heterocycles. The van der Waals surface area contributed by atoms with E-state index in [2.05, 4.69) is 0 Å². The topological polar surface area (TPSA) is 57.5 Å². The number of unbranched alkanes of at least 4 members (excludes halogenated alkanes) is 9. The Hall–Kier alpha value is 0.150. The molecule has 1 fully saturated rings. The Morgan fingerprint density at radius 1 is 0.682 bits per heavy atom. The minimum Gasteiger partial charge on any atom is -0.324 e. The zero-order valence-corrected chi connectivity index (χ0v) is 15.2. The first-order valence-corrected chi connectivity index (χ1v) is 11.4. The van der Waals surface area contributed by atoms with Crippen molar-refractivity contribution < 1.29 is 14.4 Å². The molecule has 0 unspecified atom stereocenters. The summed E-state index contributed by atoms with van der Waals surface area (Å²) in [4.78, 5) is 17.5. The molecule has 1 rings (SSSR count). The first-order valence-electron chi connectivity index (χ1n) is 9.62. The smallest absolute Gasteiger partial charge is 0.324 e. The molecular weight excluding hydrogens is 295 g/mol. The van der Waals surface area contributed by atoms with Crippen molar-refractivity contribution in [2.45, 2.75) is 103 Å². The molecule has 1 aliphatic rings. The Kier molecular flexibility index (Phi) is 11.5. The van der Waals surface area contributed by atoms with E-state index in [-0.39, 0.29) is 6.16 Å². The van der Waals surface area contributed by atoms with E-state index in [4.69, 9.17) is 9.79 Å². The molecule has 4 heteroatoms. The first-order chi connectivity index (χ1) is 10.6. The van der Waals surface area contributed by atoms with Crippen LogP contribution in [0.2, 0.25) is 0 Å². The third-order valence-corrected chi connectivity index (χ3v) is 5.94. The van der Waals surface area contributed by atoms with Gasteiger partial charge >= 0.3 is 7.60 Å². The maximum atomic E-state index is 10.7. The van der Waals surface area contributed by atoms with Gasteiger partial charge in [0.1, 0.15) is 0 Å². The highest BCUT2D eigenvalue weighted by molar-refractivity contribution is 7.51. The van der Waals surface area contributed by atoms with Gasteiger partial charge in [-0.2, -0.15) is 0 Å². The summed E-state index contributed by atoms with van der Waals surface area (Å²) in [7, 11) is -3.75. The minimum absolute atomic E-state index is 0.0635. The number of rotatable bonds is 13. The second-order valence-corrected chi connectivity index (χ2v) is 8.99. The lowest BCUT2D eigenvalue weighted by Crippen LogP contribution is -2.05. The number of hydrogen-bond donors (Lipinski definition) is 2. The molecule has 0 spiro atoms. The van der Waals surface area contributed by atoms with Crippen LogP contribution in [-0.2, 0) is 4.57 Å². The van der Waals surface area contributed by atoms with E-state index in [9.17, 15) is 4.57 Å². The first kappa shape index (κ1) is 20.2. The normalized spacial score (nSPS) is 17.0. The van der Waals surface area contributed by atoms with E-state index in [1.54, 1.807) is 0 Å². The SMILES string of the molecule is O=P(O)(O)CCCCCCCCCCCCC1CCCCC1. The van der Waals surface area contributed by atoms with Gasteiger partial charge in [-0.1, -0.05) is 96.3 Å². The Balaban J connectivity index is 1.73. The molecule has 0 aromatic carbocycles. The zero-order valence-electron chi connectivity index (χ0n) is 14.3. The van der Waals surface area contributed by atoms with Crippen LogP contribution < -0.4 is 0 Å². The zero-order chi connectivity index (χ0) is 16.1. The van der Waals surface area contributed by atoms with Crippen LogP contribution in [0, 0.1) is 5.92 Å². The van der Waals surface area contributed by atoms with E-state index in [0.29, 0.717) is 6.42 Å². The lowest BCUT2D eigenvalue weighted by atomic mass is 9.85. The highest BCUT2D eigenvalue weighted by Gasteiger charge is 2.12. The van der Waals surface area contributed by atoms with Crippen molar-refractivity contribution in [3.05, 3.63) is 0 Å². The van der Waals surface area contributed by atoms with E-state index >= 15 is 0 Å². The molecule has 3 nitrogen and oxygen atoms in total.